The van der Waals surface area contributed by atoms with Gasteiger partial charge in [0.25, 0.3) is 0 Å². The number of likely N-dealkylation sites (tertiary alicyclic amines) is 1. The summed E-state index contributed by atoms with van der Waals surface area (Å²) in [4.78, 5) is 19.1. The molecule has 3 aromatic rings. The van der Waals surface area contributed by atoms with Gasteiger partial charge in [-0.2, -0.15) is 5.10 Å². The summed E-state index contributed by atoms with van der Waals surface area (Å²) in [5, 5.41) is 7.54. The molecule has 7 nitrogen and oxygen atoms in total. The van der Waals surface area contributed by atoms with Crippen molar-refractivity contribution >= 4 is 11.7 Å². The molecule has 1 amide bonds. The zero-order chi connectivity index (χ0) is 21.1. The van der Waals surface area contributed by atoms with E-state index in [2.05, 4.69) is 49.3 Å². The van der Waals surface area contributed by atoms with E-state index in [1.807, 2.05) is 43.8 Å². The van der Waals surface area contributed by atoms with E-state index in [9.17, 15) is 4.79 Å². The predicted molar refractivity (Wildman–Crippen MR) is 117 cm³/mol. The van der Waals surface area contributed by atoms with Crippen LogP contribution in [-0.4, -0.2) is 43.2 Å². The second kappa shape index (κ2) is 8.44. The lowest BCUT2D eigenvalue weighted by molar-refractivity contribution is -0.123. The van der Waals surface area contributed by atoms with Gasteiger partial charge in [-0.1, -0.05) is 20.8 Å². The Morgan fingerprint density at radius 1 is 1.13 bits per heavy atom. The van der Waals surface area contributed by atoms with E-state index in [0.29, 0.717) is 6.04 Å². The molecule has 0 radical (unpaired) electrons. The molecule has 0 saturated carbocycles. The lowest BCUT2D eigenvalue weighted by Crippen LogP contribution is -2.36. The second-order valence-electron chi connectivity index (χ2n) is 8.95. The standard InChI is InChI=1S/C23H30N6O/c1-23(2,3)22(30)26-21-8-12-25-29(21)18-9-14-27(15-10-18)17-20-7-5-13-28(20)19-6-4-11-24-16-19/h4-8,11-13,16,18H,9-10,14-15,17H2,1-3H3,(H,26,30). The summed E-state index contributed by atoms with van der Waals surface area (Å²) in [6.07, 6.45) is 9.56. The highest BCUT2D eigenvalue weighted by molar-refractivity contribution is 5.93. The molecule has 1 aliphatic rings. The van der Waals surface area contributed by atoms with E-state index in [-0.39, 0.29) is 5.91 Å². The molecule has 158 valence electrons. The molecule has 1 fully saturated rings. The van der Waals surface area contributed by atoms with Crippen LogP contribution in [0.5, 0.6) is 0 Å². The number of carbonyl (C=O) groups is 1. The van der Waals surface area contributed by atoms with Crippen LogP contribution in [0.15, 0.2) is 55.1 Å². The van der Waals surface area contributed by atoms with Gasteiger partial charge >= 0.3 is 0 Å². The topological polar surface area (TPSA) is 68.0 Å². The van der Waals surface area contributed by atoms with Gasteiger partial charge < -0.3 is 9.88 Å². The minimum absolute atomic E-state index is 0.0119. The van der Waals surface area contributed by atoms with E-state index in [4.69, 9.17) is 0 Å². The molecule has 1 aliphatic heterocycles. The highest BCUT2D eigenvalue weighted by Gasteiger charge is 2.26. The Bertz CT molecular complexity index is 977. The Morgan fingerprint density at radius 2 is 1.93 bits per heavy atom. The summed E-state index contributed by atoms with van der Waals surface area (Å²) in [6, 6.07) is 10.5. The van der Waals surface area contributed by atoms with Crippen LogP contribution < -0.4 is 5.32 Å². The van der Waals surface area contributed by atoms with Crippen molar-refractivity contribution in [2.75, 3.05) is 18.4 Å². The zero-order valence-electron chi connectivity index (χ0n) is 18.0. The number of rotatable bonds is 5. The molecule has 1 saturated heterocycles. The Hall–Kier alpha value is -2.93. The van der Waals surface area contributed by atoms with Crippen molar-refractivity contribution in [3.8, 4) is 5.69 Å². The summed E-state index contributed by atoms with van der Waals surface area (Å²) in [5.74, 6) is 0.802. The van der Waals surface area contributed by atoms with Gasteiger partial charge in [-0.25, -0.2) is 4.68 Å². The van der Waals surface area contributed by atoms with Crippen molar-refractivity contribution in [3.05, 3.63) is 60.8 Å². The van der Waals surface area contributed by atoms with Crippen LogP contribution in [0.3, 0.4) is 0 Å². The summed E-state index contributed by atoms with van der Waals surface area (Å²) in [7, 11) is 0. The van der Waals surface area contributed by atoms with Crippen LogP contribution in [0.4, 0.5) is 5.82 Å². The minimum Gasteiger partial charge on any atom is -0.318 e. The maximum atomic E-state index is 12.4. The molecule has 0 bridgehead atoms. The summed E-state index contributed by atoms with van der Waals surface area (Å²) in [6.45, 7) is 8.65. The van der Waals surface area contributed by atoms with Crippen LogP contribution in [0.2, 0.25) is 0 Å². The first-order chi connectivity index (χ1) is 14.4. The van der Waals surface area contributed by atoms with Gasteiger partial charge in [0.15, 0.2) is 0 Å². The zero-order valence-corrected chi connectivity index (χ0v) is 18.0. The van der Waals surface area contributed by atoms with Crippen LogP contribution in [0, 0.1) is 5.41 Å². The smallest absolute Gasteiger partial charge is 0.230 e. The summed E-state index contributed by atoms with van der Waals surface area (Å²) < 4.78 is 4.19. The normalized spacial score (nSPS) is 16.0. The molecule has 0 unspecified atom stereocenters. The molecule has 0 aromatic carbocycles. The van der Waals surface area contributed by atoms with Crippen molar-refractivity contribution in [1.29, 1.82) is 0 Å². The van der Waals surface area contributed by atoms with Crippen LogP contribution in [0.1, 0.15) is 45.3 Å². The fraction of sp³-hybridized carbons (Fsp3) is 0.435. The van der Waals surface area contributed by atoms with Gasteiger partial charge in [0.05, 0.1) is 24.1 Å². The molecular weight excluding hydrogens is 376 g/mol. The number of hydrogen-bond acceptors (Lipinski definition) is 4. The predicted octanol–water partition coefficient (Wildman–Crippen LogP) is 3.89. The van der Waals surface area contributed by atoms with Crippen molar-refractivity contribution in [2.45, 2.75) is 46.2 Å². The van der Waals surface area contributed by atoms with E-state index in [1.165, 1.54) is 5.69 Å². The third-order valence-corrected chi connectivity index (χ3v) is 5.64. The first-order valence-electron chi connectivity index (χ1n) is 10.6. The van der Waals surface area contributed by atoms with Crippen LogP contribution in [-0.2, 0) is 11.3 Å². The van der Waals surface area contributed by atoms with Gasteiger partial charge in [0.1, 0.15) is 5.82 Å². The summed E-state index contributed by atoms with van der Waals surface area (Å²) in [5.41, 5.74) is 1.92. The number of amides is 1. The Morgan fingerprint density at radius 3 is 2.63 bits per heavy atom. The van der Waals surface area contributed by atoms with Crippen LogP contribution >= 0.6 is 0 Å². The monoisotopic (exact) mass is 406 g/mol. The first-order valence-corrected chi connectivity index (χ1v) is 10.6. The molecule has 3 aromatic heterocycles. The highest BCUT2D eigenvalue weighted by Crippen LogP contribution is 2.27. The average molecular weight is 407 g/mol. The van der Waals surface area contributed by atoms with E-state index < -0.39 is 5.41 Å². The van der Waals surface area contributed by atoms with Crippen molar-refractivity contribution < 1.29 is 4.79 Å². The number of piperidine rings is 1. The van der Waals surface area contributed by atoms with E-state index in [1.54, 1.807) is 12.4 Å². The number of carbonyl (C=O) groups excluding carboxylic acids is 1. The number of nitrogens with zero attached hydrogens (tertiary/aromatic N) is 5. The molecule has 0 atom stereocenters. The van der Waals surface area contributed by atoms with Gasteiger partial charge in [0, 0.05) is 49.2 Å². The Kier molecular flexibility index (Phi) is 5.72. The van der Waals surface area contributed by atoms with Crippen molar-refractivity contribution in [3.63, 3.8) is 0 Å². The number of hydrogen-bond donors (Lipinski definition) is 1. The fourth-order valence-electron chi connectivity index (χ4n) is 3.85. The van der Waals surface area contributed by atoms with E-state index in [0.717, 1.165) is 44.0 Å². The van der Waals surface area contributed by atoms with Gasteiger partial charge in [-0.05, 0) is 37.1 Å². The molecule has 7 heteroatoms. The van der Waals surface area contributed by atoms with E-state index >= 15 is 0 Å². The molecule has 4 heterocycles. The Balaban J connectivity index is 1.38. The maximum Gasteiger partial charge on any atom is 0.230 e. The maximum absolute atomic E-state index is 12.4. The number of anilines is 1. The lowest BCUT2D eigenvalue weighted by atomic mass is 9.96. The third kappa shape index (κ3) is 4.46. The molecule has 0 aliphatic carbocycles. The number of pyridine rings is 1. The van der Waals surface area contributed by atoms with Gasteiger partial charge in [-0.15, -0.1) is 0 Å². The first kappa shape index (κ1) is 20.3. The van der Waals surface area contributed by atoms with Gasteiger partial charge in [-0.3, -0.25) is 14.7 Å². The molecule has 0 spiro atoms. The second-order valence-corrected chi connectivity index (χ2v) is 8.95. The fourth-order valence-corrected chi connectivity index (χ4v) is 3.85. The Labute approximate surface area is 177 Å². The highest BCUT2D eigenvalue weighted by atomic mass is 16.2. The SMILES string of the molecule is CC(C)(C)C(=O)Nc1ccnn1C1CCN(Cc2cccn2-c2cccnc2)CC1. The van der Waals surface area contributed by atoms with Crippen molar-refractivity contribution in [2.24, 2.45) is 5.41 Å². The minimum atomic E-state index is -0.429. The largest absolute Gasteiger partial charge is 0.318 e. The van der Waals surface area contributed by atoms with Gasteiger partial charge in [0.2, 0.25) is 5.91 Å². The number of nitrogens with one attached hydrogen (secondary N) is 1. The molecule has 4 rings (SSSR count). The average Bonchev–Trinajstić information content (AvgIpc) is 3.38. The molecule has 30 heavy (non-hydrogen) atoms. The lowest BCUT2D eigenvalue weighted by Gasteiger charge is -2.33. The number of aromatic nitrogens is 4. The van der Waals surface area contributed by atoms with Crippen LogP contribution in [0.25, 0.3) is 5.69 Å². The third-order valence-electron chi connectivity index (χ3n) is 5.64. The molecule has 1 N–H and O–H groups in total. The summed E-state index contributed by atoms with van der Waals surface area (Å²) >= 11 is 0. The van der Waals surface area contributed by atoms with Crippen molar-refractivity contribution in [1.82, 2.24) is 24.2 Å². The quantitative estimate of drug-likeness (QED) is 0.698. The molecular formula is C23H30N6O.